The molecular formula is C21H25ClN4O2. The van der Waals surface area contributed by atoms with Crippen LogP contribution in [0.15, 0.2) is 30.5 Å². The molecular weight excluding hydrogens is 376 g/mol. The molecule has 0 fully saturated rings. The lowest BCUT2D eigenvalue weighted by Gasteiger charge is -2.21. The molecule has 0 radical (unpaired) electrons. The number of fused-ring (bicyclic) bond motifs is 1. The molecule has 2 heterocycles. The van der Waals surface area contributed by atoms with Gasteiger partial charge < -0.3 is 9.64 Å². The molecule has 0 aliphatic rings. The van der Waals surface area contributed by atoms with Crippen LogP contribution in [-0.4, -0.2) is 45.8 Å². The fourth-order valence-corrected chi connectivity index (χ4v) is 3.55. The van der Waals surface area contributed by atoms with Gasteiger partial charge in [0.05, 0.1) is 34.5 Å². The topological polar surface area (TPSA) is 60.2 Å². The smallest absolute Gasteiger partial charge is 0.256 e. The molecule has 1 amide bonds. The number of hydrogen-bond donors (Lipinski definition) is 0. The Kier molecular flexibility index (Phi) is 6.19. The number of rotatable bonds is 7. The standard InChI is InChI=1S/C21H25ClN4O2/c1-5-7-11-25(6-2)21(27)17-13-23-20-18(19(17)22)14(3)24-26(20)15-9-8-10-16(12-15)28-4/h8-10,12-13H,5-7,11H2,1-4H3. The minimum Gasteiger partial charge on any atom is -0.497 e. The van der Waals surface area contributed by atoms with Gasteiger partial charge in [0.15, 0.2) is 5.65 Å². The lowest BCUT2D eigenvalue weighted by molar-refractivity contribution is 0.0762. The summed E-state index contributed by atoms with van der Waals surface area (Å²) in [5.74, 6) is 0.634. The van der Waals surface area contributed by atoms with Gasteiger partial charge in [-0.25, -0.2) is 9.67 Å². The first-order valence-corrected chi connectivity index (χ1v) is 9.87. The van der Waals surface area contributed by atoms with Crippen LogP contribution in [0.25, 0.3) is 16.7 Å². The largest absolute Gasteiger partial charge is 0.497 e. The van der Waals surface area contributed by atoms with Gasteiger partial charge in [-0.15, -0.1) is 0 Å². The highest BCUT2D eigenvalue weighted by Gasteiger charge is 2.22. The maximum Gasteiger partial charge on any atom is 0.256 e. The van der Waals surface area contributed by atoms with Crippen molar-refractivity contribution in [3.63, 3.8) is 0 Å². The molecule has 7 heteroatoms. The number of carbonyl (C=O) groups is 1. The second-order valence-electron chi connectivity index (χ2n) is 6.62. The van der Waals surface area contributed by atoms with Crippen LogP contribution in [0.5, 0.6) is 5.75 Å². The van der Waals surface area contributed by atoms with Crippen LogP contribution in [0, 0.1) is 6.92 Å². The third kappa shape index (κ3) is 3.69. The first kappa shape index (κ1) is 20.1. The van der Waals surface area contributed by atoms with Crippen molar-refractivity contribution in [1.29, 1.82) is 0 Å². The first-order chi connectivity index (χ1) is 13.5. The van der Waals surface area contributed by atoms with E-state index in [1.165, 1.54) is 0 Å². The van der Waals surface area contributed by atoms with Gasteiger partial charge in [0.1, 0.15) is 5.75 Å². The van der Waals surface area contributed by atoms with Gasteiger partial charge in [0.2, 0.25) is 0 Å². The average Bonchev–Trinajstić information content (AvgIpc) is 3.06. The average molecular weight is 401 g/mol. The number of hydrogen-bond acceptors (Lipinski definition) is 4. The van der Waals surface area contributed by atoms with Gasteiger partial charge in [-0.1, -0.05) is 31.0 Å². The number of nitrogens with zero attached hydrogens (tertiary/aromatic N) is 4. The van der Waals surface area contributed by atoms with Gasteiger partial charge in [-0.3, -0.25) is 4.79 Å². The van der Waals surface area contributed by atoms with E-state index in [4.69, 9.17) is 16.3 Å². The number of amides is 1. The van der Waals surface area contributed by atoms with E-state index in [0.717, 1.165) is 30.0 Å². The Morgan fingerprint density at radius 2 is 2.11 bits per heavy atom. The molecule has 6 nitrogen and oxygen atoms in total. The number of aryl methyl sites for hydroxylation is 1. The molecule has 3 aromatic rings. The molecule has 28 heavy (non-hydrogen) atoms. The predicted octanol–water partition coefficient (Wildman–Crippen LogP) is 4.65. The molecule has 3 rings (SSSR count). The van der Waals surface area contributed by atoms with Crippen molar-refractivity contribution in [3.8, 4) is 11.4 Å². The fraction of sp³-hybridized carbons (Fsp3) is 0.381. The number of unbranched alkanes of at least 4 members (excludes halogenated alkanes) is 1. The van der Waals surface area contributed by atoms with Crippen LogP contribution in [-0.2, 0) is 0 Å². The number of methoxy groups -OCH3 is 1. The Hall–Kier alpha value is -2.60. The van der Waals surface area contributed by atoms with E-state index in [9.17, 15) is 4.79 Å². The van der Waals surface area contributed by atoms with Crippen molar-refractivity contribution in [3.05, 3.63) is 46.7 Å². The van der Waals surface area contributed by atoms with Gasteiger partial charge in [0.25, 0.3) is 5.91 Å². The molecule has 2 aromatic heterocycles. The molecule has 0 saturated heterocycles. The molecule has 1 aromatic carbocycles. The highest BCUT2D eigenvalue weighted by Crippen LogP contribution is 2.31. The normalized spacial score (nSPS) is 11.0. The van der Waals surface area contributed by atoms with Crippen molar-refractivity contribution in [2.75, 3.05) is 20.2 Å². The summed E-state index contributed by atoms with van der Waals surface area (Å²) in [4.78, 5) is 19.3. The maximum atomic E-state index is 13.0. The molecule has 0 spiro atoms. The highest BCUT2D eigenvalue weighted by atomic mass is 35.5. The Morgan fingerprint density at radius 1 is 1.32 bits per heavy atom. The zero-order chi connectivity index (χ0) is 20.3. The Balaban J connectivity index is 2.07. The minimum atomic E-state index is -0.0936. The number of carbonyl (C=O) groups excluding carboxylic acids is 1. The van der Waals surface area contributed by atoms with E-state index in [1.54, 1.807) is 22.9 Å². The second-order valence-corrected chi connectivity index (χ2v) is 7.00. The molecule has 0 N–H and O–H groups in total. The van der Waals surface area contributed by atoms with Crippen molar-refractivity contribution >= 4 is 28.5 Å². The van der Waals surface area contributed by atoms with Crippen LogP contribution in [0.3, 0.4) is 0 Å². The summed E-state index contributed by atoms with van der Waals surface area (Å²) in [6.07, 6.45) is 3.54. The molecule has 148 valence electrons. The summed E-state index contributed by atoms with van der Waals surface area (Å²) in [7, 11) is 1.62. The lowest BCUT2D eigenvalue weighted by Crippen LogP contribution is -2.32. The molecule has 0 bridgehead atoms. The summed E-state index contributed by atoms with van der Waals surface area (Å²) in [6, 6.07) is 7.56. The Labute approximate surface area is 170 Å². The zero-order valence-corrected chi connectivity index (χ0v) is 17.5. The van der Waals surface area contributed by atoms with E-state index in [-0.39, 0.29) is 5.91 Å². The summed E-state index contributed by atoms with van der Waals surface area (Å²) in [6.45, 7) is 7.29. The molecule has 0 aliphatic carbocycles. The zero-order valence-electron chi connectivity index (χ0n) is 16.7. The molecule has 0 aliphatic heterocycles. The van der Waals surface area contributed by atoms with E-state index in [2.05, 4.69) is 17.0 Å². The number of aromatic nitrogens is 3. The van der Waals surface area contributed by atoms with E-state index in [1.807, 2.05) is 38.1 Å². The van der Waals surface area contributed by atoms with Crippen molar-refractivity contribution < 1.29 is 9.53 Å². The van der Waals surface area contributed by atoms with Crippen LogP contribution in [0.1, 0.15) is 42.7 Å². The van der Waals surface area contributed by atoms with Gasteiger partial charge >= 0.3 is 0 Å². The predicted molar refractivity (Wildman–Crippen MR) is 112 cm³/mol. The lowest BCUT2D eigenvalue weighted by atomic mass is 10.1. The number of halogens is 1. The summed E-state index contributed by atoms with van der Waals surface area (Å²) < 4.78 is 7.03. The fourth-order valence-electron chi connectivity index (χ4n) is 3.20. The summed E-state index contributed by atoms with van der Waals surface area (Å²) >= 11 is 6.67. The third-order valence-corrected chi connectivity index (χ3v) is 5.18. The Morgan fingerprint density at radius 3 is 2.79 bits per heavy atom. The maximum absolute atomic E-state index is 13.0. The number of benzene rings is 1. The van der Waals surface area contributed by atoms with Crippen LogP contribution in [0.4, 0.5) is 0 Å². The Bertz CT molecular complexity index is 999. The van der Waals surface area contributed by atoms with E-state index < -0.39 is 0 Å². The van der Waals surface area contributed by atoms with Crippen LogP contribution >= 0.6 is 11.6 Å². The quantitative estimate of drug-likeness (QED) is 0.579. The monoisotopic (exact) mass is 400 g/mol. The molecule has 0 atom stereocenters. The summed E-state index contributed by atoms with van der Waals surface area (Å²) in [5.41, 5.74) is 2.57. The first-order valence-electron chi connectivity index (χ1n) is 9.49. The molecule has 0 saturated carbocycles. The van der Waals surface area contributed by atoms with Crippen molar-refractivity contribution in [1.82, 2.24) is 19.7 Å². The number of pyridine rings is 1. The van der Waals surface area contributed by atoms with Crippen molar-refractivity contribution in [2.45, 2.75) is 33.6 Å². The number of ether oxygens (including phenoxy) is 1. The van der Waals surface area contributed by atoms with E-state index >= 15 is 0 Å². The van der Waals surface area contributed by atoms with Gasteiger partial charge in [-0.05, 0) is 32.4 Å². The van der Waals surface area contributed by atoms with Gasteiger partial charge in [-0.2, -0.15) is 5.10 Å². The second kappa shape index (κ2) is 8.61. The van der Waals surface area contributed by atoms with Crippen molar-refractivity contribution in [2.24, 2.45) is 0 Å². The summed E-state index contributed by atoms with van der Waals surface area (Å²) in [5, 5.41) is 5.70. The van der Waals surface area contributed by atoms with E-state index in [0.29, 0.717) is 34.7 Å². The van der Waals surface area contributed by atoms with Gasteiger partial charge in [0, 0.05) is 25.4 Å². The van der Waals surface area contributed by atoms with Crippen LogP contribution < -0.4 is 4.74 Å². The third-order valence-electron chi connectivity index (χ3n) is 4.79. The SMILES string of the molecule is CCCCN(CC)C(=O)c1cnc2c(c(C)nn2-c2cccc(OC)c2)c1Cl. The molecule has 0 unspecified atom stereocenters. The highest BCUT2D eigenvalue weighted by molar-refractivity contribution is 6.38. The van der Waals surface area contributed by atoms with Crippen LogP contribution in [0.2, 0.25) is 5.02 Å². The minimum absolute atomic E-state index is 0.0936.